The van der Waals surface area contributed by atoms with Crippen molar-refractivity contribution >= 4 is 17.4 Å². The average molecular weight is 363 g/mol. The Morgan fingerprint density at radius 1 is 1.33 bits per heavy atom. The quantitative estimate of drug-likeness (QED) is 0.848. The van der Waals surface area contributed by atoms with Gasteiger partial charge in [0.05, 0.1) is 25.3 Å². The summed E-state index contributed by atoms with van der Waals surface area (Å²) in [5.74, 6) is -0.0535. The number of methoxy groups -OCH3 is 1. The molecular weight excluding hydrogens is 342 g/mol. The lowest BCUT2D eigenvalue weighted by atomic mass is 10.00. The lowest BCUT2D eigenvalue weighted by Crippen LogP contribution is -2.28. The zero-order chi connectivity index (χ0) is 19.4. The predicted molar refractivity (Wildman–Crippen MR) is 103 cm³/mol. The van der Waals surface area contributed by atoms with Gasteiger partial charge in [-0.25, -0.2) is 0 Å². The van der Waals surface area contributed by atoms with Crippen molar-refractivity contribution in [1.82, 2.24) is 0 Å². The number of aliphatic carboxylic acids is 1. The molecule has 1 atom stereocenters. The highest BCUT2D eigenvalue weighted by atomic mass is 16.5. The first-order valence-corrected chi connectivity index (χ1v) is 8.71. The predicted octanol–water partition coefficient (Wildman–Crippen LogP) is 3.53. The highest BCUT2D eigenvalue weighted by molar-refractivity contribution is 6.01. The van der Waals surface area contributed by atoms with E-state index < -0.39 is 5.97 Å². The number of carbonyl (C=O) groups is 1. The molecule has 1 N–H and O–H groups in total. The SMILES string of the molecule is COc1ccc(Cc2ccc(N3N=C(C#N)CC3CC(=O)O)cc2)c(C)c1. The van der Waals surface area contributed by atoms with Gasteiger partial charge in [0.2, 0.25) is 0 Å². The van der Waals surface area contributed by atoms with Crippen molar-refractivity contribution in [3.05, 3.63) is 59.2 Å². The van der Waals surface area contributed by atoms with E-state index in [4.69, 9.17) is 15.1 Å². The summed E-state index contributed by atoms with van der Waals surface area (Å²) in [5, 5.41) is 24.1. The normalized spacial score (nSPS) is 16.0. The van der Waals surface area contributed by atoms with Gasteiger partial charge in [0, 0.05) is 6.42 Å². The molecule has 2 aromatic rings. The molecule has 0 spiro atoms. The smallest absolute Gasteiger partial charge is 0.305 e. The summed E-state index contributed by atoms with van der Waals surface area (Å²) in [7, 11) is 1.66. The molecule has 6 heteroatoms. The summed E-state index contributed by atoms with van der Waals surface area (Å²) in [4.78, 5) is 11.1. The van der Waals surface area contributed by atoms with Gasteiger partial charge in [-0.05, 0) is 54.3 Å². The van der Waals surface area contributed by atoms with Crippen molar-refractivity contribution < 1.29 is 14.6 Å². The largest absolute Gasteiger partial charge is 0.497 e. The van der Waals surface area contributed by atoms with Crippen LogP contribution in [-0.4, -0.2) is 29.9 Å². The van der Waals surface area contributed by atoms with Crippen LogP contribution in [0.5, 0.6) is 5.75 Å². The summed E-state index contributed by atoms with van der Waals surface area (Å²) < 4.78 is 5.25. The highest BCUT2D eigenvalue weighted by Crippen LogP contribution is 2.27. The second-order valence-corrected chi connectivity index (χ2v) is 6.59. The zero-order valence-corrected chi connectivity index (χ0v) is 15.3. The van der Waals surface area contributed by atoms with Crippen molar-refractivity contribution in [2.75, 3.05) is 12.1 Å². The van der Waals surface area contributed by atoms with Crippen LogP contribution in [0.3, 0.4) is 0 Å². The van der Waals surface area contributed by atoms with Gasteiger partial charge in [-0.1, -0.05) is 18.2 Å². The molecule has 0 saturated heterocycles. The third kappa shape index (κ3) is 4.26. The monoisotopic (exact) mass is 363 g/mol. The van der Waals surface area contributed by atoms with E-state index in [0.717, 1.165) is 23.4 Å². The van der Waals surface area contributed by atoms with Crippen LogP contribution in [-0.2, 0) is 11.2 Å². The molecule has 0 radical (unpaired) electrons. The third-order valence-corrected chi connectivity index (χ3v) is 4.69. The maximum absolute atomic E-state index is 11.1. The molecular formula is C21H21N3O3. The number of hydrogen-bond donors (Lipinski definition) is 1. The van der Waals surface area contributed by atoms with Crippen LogP contribution >= 0.6 is 0 Å². The zero-order valence-electron chi connectivity index (χ0n) is 15.3. The van der Waals surface area contributed by atoms with Crippen LogP contribution in [0.25, 0.3) is 0 Å². The Bertz CT molecular complexity index is 913. The van der Waals surface area contributed by atoms with Crippen molar-refractivity contribution in [2.24, 2.45) is 5.10 Å². The first kappa shape index (κ1) is 18.5. The minimum absolute atomic E-state index is 0.0541. The Hall–Kier alpha value is -3.33. The summed E-state index contributed by atoms with van der Waals surface area (Å²) >= 11 is 0. The summed E-state index contributed by atoms with van der Waals surface area (Å²) in [6.07, 6.45) is 1.10. The molecule has 1 unspecified atom stereocenters. The summed E-state index contributed by atoms with van der Waals surface area (Å²) in [5.41, 5.74) is 4.69. The number of aryl methyl sites for hydroxylation is 1. The van der Waals surface area contributed by atoms with Crippen molar-refractivity contribution in [3.63, 3.8) is 0 Å². The molecule has 2 aromatic carbocycles. The van der Waals surface area contributed by atoms with Crippen LogP contribution in [0.1, 0.15) is 29.5 Å². The topological polar surface area (TPSA) is 85.9 Å². The third-order valence-electron chi connectivity index (χ3n) is 4.69. The van der Waals surface area contributed by atoms with Crippen LogP contribution in [0.15, 0.2) is 47.6 Å². The van der Waals surface area contributed by atoms with Crippen molar-refractivity contribution in [2.45, 2.75) is 32.2 Å². The fraction of sp³-hybridized carbons (Fsp3) is 0.286. The molecule has 1 aliphatic heterocycles. The van der Waals surface area contributed by atoms with Gasteiger partial charge in [0.25, 0.3) is 0 Å². The number of benzene rings is 2. The maximum Gasteiger partial charge on any atom is 0.305 e. The molecule has 0 fully saturated rings. The van der Waals surface area contributed by atoms with Crippen molar-refractivity contribution in [3.8, 4) is 11.8 Å². The number of ether oxygens (including phenoxy) is 1. The van der Waals surface area contributed by atoms with Gasteiger partial charge in [-0.2, -0.15) is 10.4 Å². The minimum atomic E-state index is -0.897. The lowest BCUT2D eigenvalue weighted by molar-refractivity contribution is -0.137. The summed E-state index contributed by atoms with van der Waals surface area (Å²) in [6, 6.07) is 15.6. The Morgan fingerprint density at radius 3 is 2.67 bits per heavy atom. The van der Waals surface area contributed by atoms with E-state index in [1.807, 2.05) is 42.5 Å². The van der Waals surface area contributed by atoms with E-state index in [0.29, 0.717) is 12.1 Å². The molecule has 1 heterocycles. The van der Waals surface area contributed by atoms with E-state index in [-0.39, 0.29) is 12.5 Å². The Morgan fingerprint density at radius 2 is 2.07 bits per heavy atom. The number of hydrazone groups is 1. The number of nitriles is 1. The fourth-order valence-corrected chi connectivity index (χ4v) is 3.24. The van der Waals surface area contributed by atoms with Gasteiger partial charge >= 0.3 is 5.97 Å². The van der Waals surface area contributed by atoms with Gasteiger partial charge < -0.3 is 9.84 Å². The number of carboxylic acid groups (broad SMARTS) is 1. The number of carboxylic acids is 1. The molecule has 0 amide bonds. The second kappa shape index (κ2) is 7.92. The molecule has 6 nitrogen and oxygen atoms in total. The van der Waals surface area contributed by atoms with Gasteiger partial charge in [-0.15, -0.1) is 0 Å². The molecule has 0 aromatic heterocycles. The number of nitrogens with zero attached hydrogens (tertiary/aromatic N) is 3. The summed E-state index contributed by atoms with van der Waals surface area (Å²) in [6.45, 7) is 2.06. The second-order valence-electron chi connectivity index (χ2n) is 6.59. The van der Waals surface area contributed by atoms with Crippen LogP contribution in [0, 0.1) is 18.3 Å². The Balaban J connectivity index is 1.77. The van der Waals surface area contributed by atoms with E-state index in [2.05, 4.69) is 18.1 Å². The molecule has 27 heavy (non-hydrogen) atoms. The fourth-order valence-electron chi connectivity index (χ4n) is 3.24. The first-order chi connectivity index (χ1) is 13.0. The van der Waals surface area contributed by atoms with Crippen LogP contribution in [0.2, 0.25) is 0 Å². The van der Waals surface area contributed by atoms with E-state index in [1.54, 1.807) is 12.1 Å². The Labute approximate surface area is 158 Å². The van der Waals surface area contributed by atoms with E-state index in [1.165, 1.54) is 11.1 Å². The molecule has 0 aliphatic carbocycles. The van der Waals surface area contributed by atoms with Crippen LogP contribution in [0.4, 0.5) is 5.69 Å². The molecule has 0 saturated carbocycles. The highest BCUT2D eigenvalue weighted by Gasteiger charge is 2.29. The van der Waals surface area contributed by atoms with Gasteiger partial charge in [-0.3, -0.25) is 9.80 Å². The number of anilines is 1. The van der Waals surface area contributed by atoms with Crippen molar-refractivity contribution in [1.29, 1.82) is 5.26 Å². The Kier molecular flexibility index (Phi) is 5.41. The van der Waals surface area contributed by atoms with Gasteiger partial charge in [0.15, 0.2) is 0 Å². The molecule has 138 valence electrons. The average Bonchev–Trinajstić information content (AvgIpc) is 3.06. The molecule has 1 aliphatic rings. The van der Waals surface area contributed by atoms with Gasteiger partial charge in [0.1, 0.15) is 17.5 Å². The molecule has 3 rings (SSSR count). The lowest BCUT2D eigenvalue weighted by Gasteiger charge is -2.22. The minimum Gasteiger partial charge on any atom is -0.497 e. The molecule has 0 bridgehead atoms. The maximum atomic E-state index is 11.1. The van der Waals surface area contributed by atoms with Crippen LogP contribution < -0.4 is 9.75 Å². The number of hydrogen-bond acceptors (Lipinski definition) is 5. The van der Waals surface area contributed by atoms with E-state index >= 15 is 0 Å². The van der Waals surface area contributed by atoms with E-state index in [9.17, 15) is 4.79 Å². The first-order valence-electron chi connectivity index (χ1n) is 8.71. The standard InChI is InChI=1S/C21H21N3O3/c1-14-9-20(27-2)8-5-16(14)10-15-3-6-18(7-4-15)24-19(12-21(25)26)11-17(13-22)23-24/h3-9,19H,10-12H2,1-2H3,(H,25,26). The number of rotatable bonds is 6.